The lowest BCUT2D eigenvalue weighted by molar-refractivity contribution is 0.0945. The number of nitrogens with one attached hydrogen (secondary N) is 1. The predicted molar refractivity (Wildman–Crippen MR) is 118 cm³/mol. The van der Waals surface area contributed by atoms with Gasteiger partial charge in [0.2, 0.25) is 5.89 Å². The second-order valence-electron chi connectivity index (χ2n) is 7.57. The van der Waals surface area contributed by atoms with Crippen LogP contribution in [0, 0.1) is 11.6 Å². The SMILES string of the molecule is O=C(NCc1cccnc1)c1coc(CN(Cc2ccc(F)cc2)Cc2cccc(F)c2)n1. The van der Waals surface area contributed by atoms with Crippen molar-refractivity contribution in [2.75, 3.05) is 0 Å². The molecule has 2 heterocycles. The molecule has 0 atom stereocenters. The van der Waals surface area contributed by atoms with Gasteiger partial charge in [0.25, 0.3) is 5.91 Å². The molecule has 0 unspecified atom stereocenters. The molecule has 0 saturated carbocycles. The number of carbonyl (C=O) groups excluding carboxylic acids is 1. The largest absolute Gasteiger partial charge is 0.447 e. The third kappa shape index (κ3) is 6.54. The second-order valence-corrected chi connectivity index (χ2v) is 7.57. The van der Waals surface area contributed by atoms with Gasteiger partial charge in [0.15, 0.2) is 5.69 Å². The van der Waals surface area contributed by atoms with Crippen molar-refractivity contribution >= 4 is 5.91 Å². The van der Waals surface area contributed by atoms with Crippen LogP contribution in [0.5, 0.6) is 0 Å². The molecule has 0 bridgehead atoms. The van der Waals surface area contributed by atoms with E-state index in [0.29, 0.717) is 25.5 Å². The Morgan fingerprint density at radius 3 is 2.45 bits per heavy atom. The zero-order chi connectivity index (χ0) is 23.0. The van der Waals surface area contributed by atoms with Gasteiger partial charge in [-0.05, 0) is 47.0 Å². The number of carbonyl (C=O) groups is 1. The van der Waals surface area contributed by atoms with Crippen molar-refractivity contribution in [3.63, 3.8) is 0 Å². The number of rotatable bonds is 9. The van der Waals surface area contributed by atoms with Crippen molar-refractivity contribution in [3.05, 3.63) is 119 Å². The Bertz CT molecular complexity index is 1200. The summed E-state index contributed by atoms with van der Waals surface area (Å²) in [6.07, 6.45) is 4.65. The highest BCUT2D eigenvalue weighted by atomic mass is 19.1. The molecule has 8 heteroatoms. The van der Waals surface area contributed by atoms with Gasteiger partial charge in [-0.25, -0.2) is 13.8 Å². The van der Waals surface area contributed by atoms with Gasteiger partial charge in [-0.3, -0.25) is 14.7 Å². The minimum atomic E-state index is -0.357. The van der Waals surface area contributed by atoms with Crippen molar-refractivity contribution in [1.29, 1.82) is 0 Å². The van der Waals surface area contributed by atoms with E-state index >= 15 is 0 Å². The Balaban J connectivity index is 1.44. The van der Waals surface area contributed by atoms with Crippen molar-refractivity contribution in [2.24, 2.45) is 0 Å². The normalized spacial score (nSPS) is 11.0. The number of benzene rings is 2. The first-order chi connectivity index (χ1) is 16.0. The first kappa shape index (κ1) is 22.3. The molecular formula is C25H22F2N4O2. The van der Waals surface area contributed by atoms with Crippen LogP contribution in [0.1, 0.15) is 33.1 Å². The molecule has 33 heavy (non-hydrogen) atoms. The Morgan fingerprint density at radius 1 is 0.909 bits per heavy atom. The van der Waals surface area contributed by atoms with Gasteiger partial charge in [-0.1, -0.05) is 30.3 Å². The lowest BCUT2D eigenvalue weighted by atomic mass is 10.1. The molecule has 0 aliphatic rings. The molecule has 4 aromatic rings. The highest BCUT2D eigenvalue weighted by Crippen LogP contribution is 2.16. The summed E-state index contributed by atoms with van der Waals surface area (Å²) >= 11 is 0. The number of oxazole rings is 1. The Morgan fingerprint density at radius 2 is 1.70 bits per heavy atom. The molecule has 168 valence electrons. The first-order valence-electron chi connectivity index (χ1n) is 10.4. The van der Waals surface area contributed by atoms with Gasteiger partial charge in [-0.15, -0.1) is 0 Å². The minimum Gasteiger partial charge on any atom is -0.447 e. The Labute approximate surface area is 189 Å². The van der Waals surface area contributed by atoms with Crippen LogP contribution in [0.3, 0.4) is 0 Å². The maximum absolute atomic E-state index is 13.7. The van der Waals surface area contributed by atoms with E-state index in [2.05, 4.69) is 15.3 Å². The summed E-state index contributed by atoms with van der Waals surface area (Å²) in [5, 5.41) is 2.78. The molecule has 0 radical (unpaired) electrons. The van der Waals surface area contributed by atoms with E-state index in [4.69, 9.17) is 4.42 Å². The van der Waals surface area contributed by atoms with Gasteiger partial charge >= 0.3 is 0 Å². The highest BCUT2D eigenvalue weighted by Gasteiger charge is 2.16. The number of hydrogen-bond acceptors (Lipinski definition) is 5. The number of aromatic nitrogens is 2. The smallest absolute Gasteiger partial charge is 0.273 e. The van der Waals surface area contributed by atoms with Crippen LogP contribution in [-0.4, -0.2) is 20.8 Å². The molecule has 1 N–H and O–H groups in total. The number of amides is 1. The summed E-state index contributed by atoms with van der Waals surface area (Å²) in [5.74, 6) is -0.646. The van der Waals surface area contributed by atoms with Gasteiger partial charge in [-0.2, -0.15) is 0 Å². The molecule has 0 saturated heterocycles. The Hall–Kier alpha value is -3.91. The number of nitrogens with zero attached hydrogens (tertiary/aromatic N) is 3. The van der Waals surface area contributed by atoms with Crippen LogP contribution >= 0.6 is 0 Å². The van der Waals surface area contributed by atoms with E-state index in [-0.39, 0.29) is 29.8 Å². The van der Waals surface area contributed by atoms with Crippen molar-refractivity contribution < 1.29 is 18.0 Å². The summed E-state index contributed by atoms with van der Waals surface area (Å²) in [6.45, 7) is 1.48. The molecule has 1 amide bonds. The van der Waals surface area contributed by atoms with E-state index in [1.54, 1.807) is 36.7 Å². The number of hydrogen-bond donors (Lipinski definition) is 1. The quantitative estimate of drug-likeness (QED) is 0.409. The molecule has 0 spiro atoms. The van der Waals surface area contributed by atoms with Gasteiger partial charge in [0, 0.05) is 32.0 Å². The molecule has 6 nitrogen and oxygen atoms in total. The molecule has 0 fully saturated rings. The highest BCUT2D eigenvalue weighted by molar-refractivity contribution is 5.91. The maximum Gasteiger partial charge on any atom is 0.273 e. The second kappa shape index (κ2) is 10.6. The fourth-order valence-electron chi connectivity index (χ4n) is 3.36. The lowest BCUT2D eigenvalue weighted by Gasteiger charge is -2.21. The van der Waals surface area contributed by atoms with E-state index in [1.807, 2.05) is 17.0 Å². The number of halogens is 2. The van der Waals surface area contributed by atoms with Crippen LogP contribution < -0.4 is 5.32 Å². The average molecular weight is 448 g/mol. The monoisotopic (exact) mass is 448 g/mol. The fourth-order valence-corrected chi connectivity index (χ4v) is 3.36. The molecule has 0 aliphatic heterocycles. The van der Waals surface area contributed by atoms with Gasteiger partial charge in [0.05, 0.1) is 6.54 Å². The molecular weight excluding hydrogens is 426 g/mol. The molecule has 2 aromatic carbocycles. The van der Waals surface area contributed by atoms with Crippen LogP contribution in [0.2, 0.25) is 0 Å². The third-order valence-corrected chi connectivity index (χ3v) is 4.93. The zero-order valence-electron chi connectivity index (χ0n) is 17.7. The van der Waals surface area contributed by atoms with Crippen LogP contribution in [-0.2, 0) is 26.2 Å². The van der Waals surface area contributed by atoms with E-state index < -0.39 is 0 Å². The van der Waals surface area contributed by atoms with Crippen molar-refractivity contribution in [3.8, 4) is 0 Å². The predicted octanol–water partition coefficient (Wildman–Crippen LogP) is 4.48. The minimum absolute atomic E-state index is 0.168. The summed E-state index contributed by atoms with van der Waals surface area (Å²) in [5.41, 5.74) is 2.70. The number of pyridine rings is 1. The lowest BCUT2D eigenvalue weighted by Crippen LogP contribution is -2.24. The van der Waals surface area contributed by atoms with Crippen LogP contribution in [0.4, 0.5) is 8.78 Å². The molecule has 4 rings (SSSR count). The van der Waals surface area contributed by atoms with E-state index in [9.17, 15) is 13.6 Å². The topological polar surface area (TPSA) is 71.3 Å². The van der Waals surface area contributed by atoms with Crippen molar-refractivity contribution in [1.82, 2.24) is 20.2 Å². The Kier molecular flexibility index (Phi) is 7.16. The molecule has 2 aromatic heterocycles. The third-order valence-electron chi connectivity index (χ3n) is 4.93. The van der Waals surface area contributed by atoms with Gasteiger partial charge < -0.3 is 9.73 Å². The van der Waals surface area contributed by atoms with Crippen molar-refractivity contribution in [2.45, 2.75) is 26.2 Å². The maximum atomic E-state index is 13.7. The standard InChI is InChI=1S/C25H22F2N4O2/c26-21-8-6-18(7-9-21)14-31(15-19-3-1-5-22(27)11-19)16-24-30-23(17-33-24)25(32)29-13-20-4-2-10-28-12-20/h1-12,17H,13-16H2,(H,29,32). The first-order valence-corrected chi connectivity index (χ1v) is 10.4. The van der Waals surface area contributed by atoms with Gasteiger partial charge in [0.1, 0.15) is 17.9 Å². The van der Waals surface area contributed by atoms with E-state index in [0.717, 1.165) is 16.7 Å². The summed E-state index contributed by atoms with van der Waals surface area (Å²) in [4.78, 5) is 22.7. The summed E-state index contributed by atoms with van der Waals surface area (Å²) in [6, 6.07) is 16.2. The zero-order valence-corrected chi connectivity index (χ0v) is 17.7. The van der Waals surface area contributed by atoms with Crippen LogP contribution in [0.15, 0.2) is 83.7 Å². The summed E-state index contributed by atoms with van der Waals surface area (Å²) < 4.78 is 32.5. The van der Waals surface area contributed by atoms with E-state index in [1.165, 1.54) is 30.5 Å². The fraction of sp³-hybridized carbons (Fsp3) is 0.160. The van der Waals surface area contributed by atoms with Crippen LogP contribution in [0.25, 0.3) is 0 Å². The summed E-state index contributed by atoms with van der Waals surface area (Å²) in [7, 11) is 0. The molecule has 0 aliphatic carbocycles. The average Bonchev–Trinajstić information content (AvgIpc) is 3.28.